The topological polar surface area (TPSA) is 218 Å². The first-order valence-electron chi connectivity index (χ1n) is 16.8. The van der Waals surface area contributed by atoms with E-state index in [9.17, 15) is 19.2 Å². The van der Waals surface area contributed by atoms with Crippen molar-refractivity contribution in [3.63, 3.8) is 0 Å². The highest BCUT2D eigenvalue weighted by molar-refractivity contribution is 6.61. The number of carbonyl (C=O) groups excluding carboxylic acids is 4. The number of carbonyl (C=O) groups is 4. The first-order chi connectivity index (χ1) is 25.6. The molecule has 0 aromatic heterocycles. The van der Waals surface area contributed by atoms with E-state index < -0.39 is 62.2 Å². The molecule has 5 atom stereocenters. The largest absolute Gasteiger partial charge is 0.657 e. The second kappa shape index (κ2) is 17.4. The lowest BCUT2D eigenvalue weighted by atomic mass is 10.1. The van der Waals surface area contributed by atoms with E-state index in [2.05, 4.69) is 11.5 Å². The SMILES string of the molecule is CO.C[C@@H]([NH3+])C[NH3+].O=C1O[B-]2(OC(=O)[C@@H](c3ccccc3)O2)O[C@@H]1c1ccccc1.O=C1O[B-]2(OC(=O)[C@@H](c3ccccc3)O2)O[C@@H]1c1ccccc1. The lowest BCUT2D eigenvalue weighted by molar-refractivity contribution is -0.488. The molecule has 4 fully saturated rings. The van der Waals surface area contributed by atoms with Gasteiger partial charge in [0.2, 0.25) is 0 Å². The fourth-order valence-electron chi connectivity index (χ4n) is 5.41. The minimum Gasteiger partial charge on any atom is -0.606 e. The predicted octanol–water partition coefficient (Wildman–Crippen LogP) is 1.57. The zero-order chi connectivity index (χ0) is 38.0. The van der Waals surface area contributed by atoms with E-state index in [1.165, 1.54) is 0 Å². The van der Waals surface area contributed by atoms with Gasteiger partial charge in [-0.3, -0.25) is 19.2 Å². The van der Waals surface area contributed by atoms with E-state index in [0.29, 0.717) is 28.3 Å². The van der Waals surface area contributed by atoms with Gasteiger partial charge in [-0.05, 0) is 29.2 Å². The van der Waals surface area contributed by atoms with Gasteiger partial charge in [0.05, 0.1) is 0 Å². The van der Waals surface area contributed by atoms with Gasteiger partial charge in [0.15, 0.2) is 0 Å². The molecular weight excluding hydrogens is 690 g/mol. The van der Waals surface area contributed by atoms with Gasteiger partial charge >= 0.3 is 13.9 Å². The fraction of sp³-hybridized carbons (Fsp3) is 0.222. The highest BCUT2D eigenvalue weighted by atomic mass is 16.9. The molecular formula is C36H40B2N2O13. The third-order valence-electron chi connectivity index (χ3n) is 8.01. The van der Waals surface area contributed by atoms with Gasteiger partial charge in [-0.25, -0.2) is 0 Å². The Labute approximate surface area is 305 Å². The molecule has 0 radical (unpaired) electrons. The van der Waals surface area contributed by atoms with Crippen LogP contribution in [0.1, 0.15) is 53.6 Å². The molecule has 0 saturated carbocycles. The van der Waals surface area contributed by atoms with Gasteiger partial charge in [0.25, 0.3) is 23.9 Å². The van der Waals surface area contributed by atoms with Crippen molar-refractivity contribution >= 4 is 37.8 Å². The summed E-state index contributed by atoms with van der Waals surface area (Å²) in [4.78, 5) is 48.3. The Morgan fingerprint density at radius 2 is 0.679 bits per heavy atom. The molecule has 17 heteroatoms. The van der Waals surface area contributed by atoms with Crippen molar-refractivity contribution in [1.29, 1.82) is 0 Å². The Morgan fingerprint density at radius 1 is 0.491 bits per heavy atom. The molecule has 4 saturated heterocycles. The Hall–Kier alpha value is -5.39. The molecule has 4 aromatic carbocycles. The molecule has 53 heavy (non-hydrogen) atoms. The van der Waals surface area contributed by atoms with Gasteiger partial charge < -0.3 is 53.8 Å². The van der Waals surface area contributed by atoms with Crippen LogP contribution in [0.2, 0.25) is 0 Å². The molecule has 7 N–H and O–H groups in total. The summed E-state index contributed by atoms with van der Waals surface area (Å²) in [5, 5.41) is 7.00. The van der Waals surface area contributed by atoms with Crippen molar-refractivity contribution in [3.05, 3.63) is 144 Å². The third-order valence-corrected chi connectivity index (χ3v) is 8.01. The third kappa shape index (κ3) is 9.16. The Balaban J connectivity index is 0.000000174. The molecule has 0 amide bonds. The summed E-state index contributed by atoms with van der Waals surface area (Å²) in [6.07, 6.45) is -3.89. The van der Waals surface area contributed by atoms with Crippen LogP contribution in [-0.4, -0.2) is 62.6 Å². The van der Waals surface area contributed by atoms with Crippen molar-refractivity contribution in [2.24, 2.45) is 0 Å². The van der Waals surface area contributed by atoms with Crippen LogP contribution in [0.5, 0.6) is 0 Å². The van der Waals surface area contributed by atoms with E-state index in [1.807, 2.05) is 31.2 Å². The van der Waals surface area contributed by atoms with E-state index >= 15 is 0 Å². The maximum absolute atomic E-state index is 12.1. The highest BCUT2D eigenvalue weighted by Gasteiger charge is 2.58. The van der Waals surface area contributed by atoms with Crippen LogP contribution in [0.3, 0.4) is 0 Å². The smallest absolute Gasteiger partial charge is 0.606 e. The highest BCUT2D eigenvalue weighted by Crippen LogP contribution is 2.42. The molecule has 4 aromatic rings. The van der Waals surface area contributed by atoms with Crippen LogP contribution in [-0.2, 0) is 56.4 Å². The quantitative estimate of drug-likeness (QED) is 0.249. The van der Waals surface area contributed by atoms with Crippen LogP contribution >= 0.6 is 0 Å². The summed E-state index contributed by atoms with van der Waals surface area (Å²) in [5.74, 6) is -2.56. The molecule has 8 rings (SSSR count). The van der Waals surface area contributed by atoms with Crippen LogP contribution in [0, 0.1) is 0 Å². The van der Waals surface area contributed by atoms with Gasteiger partial charge in [0, 0.05) is 7.11 Å². The zero-order valence-electron chi connectivity index (χ0n) is 29.1. The summed E-state index contributed by atoms with van der Waals surface area (Å²) in [7, 11) is 1.00. The minimum absolute atomic E-state index is 0.523. The van der Waals surface area contributed by atoms with Crippen LogP contribution in [0.25, 0.3) is 0 Å². The Kier molecular flexibility index (Phi) is 12.8. The standard InChI is InChI=1S/2C16H12BO6.C3H10N2.CH4O/c2*18-15-13(11-7-3-1-4-8-11)20-17(22-15)21-14(16(19)23-17)12-9-5-2-6-10-12;1-3(5)2-4;1-2/h2*1-10,13-14H;3H,2,4-5H2,1H3;2H,1H3/q2*-1;;/p+2/t2*13-,14-,17?;3-;/m111./s1. The van der Waals surface area contributed by atoms with E-state index in [0.717, 1.165) is 13.7 Å². The molecule has 0 bridgehead atoms. The predicted molar refractivity (Wildman–Crippen MR) is 185 cm³/mol. The number of aliphatic hydroxyl groups excluding tert-OH is 1. The molecule has 4 aliphatic rings. The van der Waals surface area contributed by atoms with Gasteiger partial charge in [-0.1, -0.05) is 121 Å². The Bertz CT molecular complexity index is 1580. The van der Waals surface area contributed by atoms with Gasteiger partial charge in [-0.15, -0.1) is 0 Å². The summed E-state index contributed by atoms with van der Waals surface area (Å²) in [6.45, 7) is -2.74. The second-order valence-electron chi connectivity index (χ2n) is 12.0. The maximum Gasteiger partial charge on any atom is 0.657 e. The van der Waals surface area contributed by atoms with E-state index in [1.54, 1.807) is 97.1 Å². The molecule has 0 unspecified atom stereocenters. The number of rotatable bonds is 5. The molecule has 4 heterocycles. The first kappa shape index (κ1) is 38.8. The molecule has 278 valence electrons. The number of quaternary nitrogens is 2. The van der Waals surface area contributed by atoms with Crippen LogP contribution in [0.4, 0.5) is 0 Å². The lowest BCUT2D eigenvalue weighted by Crippen LogP contribution is -2.71. The summed E-state index contributed by atoms with van der Waals surface area (Å²) >= 11 is 0. The normalized spacial score (nSPS) is 23.6. The van der Waals surface area contributed by atoms with Gasteiger partial charge in [-0.2, -0.15) is 0 Å². The maximum atomic E-state index is 12.1. The minimum atomic E-state index is -2.87. The number of aliphatic hydroxyl groups is 1. The van der Waals surface area contributed by atoms with Crippen LogP contribution < -0.4 is 11.5 Å². The van der Waals surface area contributed by atoms with Crippen molar-refractivity contribution in [3.8, 4) is 0 Å². The molecule has 2 spiro atoms. The number of hydrogen-bond donors (Lipinski definition) is 3. The van der Waals surface area contributed by atoms with Crippen molar-refractivity contribution in [1.82, 2.24) is 0 Å². The molecule has 4 aliphatic heterocycles. The Morgan fingerprint density at radius 3 is 0.849 bits per heavy atom. The fourth-order valence-corrected chi connectivity index (χ4v) is 5.41. The number of benzene rings is 4. The van der Waals surface area contributed by atoms with Crippen LogP contribution in [0.15, 0.2) is 121 Å². The monoisotopic (exact) mass is 730 g/mol. The zero-order valence-corrected chi connectivity index (χ0v) is 29.1. The summed E-state index contributed by atoms with van der Waals surface area (Å²) in [6, 6.07) is 35.8. The van der Waals surface area contributed by atoms with E-state index in [4.69, 9.17) is 42.3 Å². The van der Waals surface area contributed by atoms with E-state index in [-0.39, 0.29) is 0 Å². The average molecular weight is 730 g/mol. The summed E-state index contributed by atoms with van der Waals surface area (Å²) in [5.41, 5.74) is 9.76. The lowest BCUT2D eigenvalue weighted by Gasteiger charge is -2.26. The van der Waals surface area contributed by atoms with Crippen molar-refractivity contribution in [2.45, 2.75) is 37.4 Å². The van der Waals surface area contributed by atoms with Crippen molar-refractivity contribution < 1.29 is 73.0 Å². The second-order valence-corrected chi connectivity index (χ2v) is 12.0. The number of hydrogen-bond acceptors (Lipinski definition) is 13. The first-order valence-corrected chi connectivity index (χ1v) is 16.8. The van der Waals surface area contributed by atoms with Crippen molar-refractivity contribution in [2.75, 3.05) is 13.7 Å². The molecule has 0 aliphatic carbocycles. The average Bonchev–Trinajstić information content (AvgIpc) is 3.91. The van der Waals surface area contributed by atoms with Gasteiger partial charge in [0.1, 0.15) is 37.0 Å². The molecule has 15 nitrogen and oxygen atoms in total. The summed E-state index contributed by atoms with van der Waals surface area (Å²) < 4.78 is 42.8.